The van der Waals surface area contributed by atoms with Gasteiger partial charge in [-0.15, -0.1) is 0 Å². The van der Waals surface area contributed by atoms with E-state index in [9.17, 15) is 17.6 Å². The highest BCUT2D eigenvalue weighted by Crippen LogP contribution is 2.24. The minimum Gasteiger partial charge on any atom is -0.378 e. The Hall–Kier alpha value is -2.04. The van der Waals surface area contributed by atoms with Gasteiger partial charge in [0.05, 0.1) is 6.04 Å². The third kappa shape index (κ3) is 2.86. The van der Waals surface area contributed by atoms with Crippen molar-refractivity contribution in [1.29, 1.82) is 0 Å². The van der Waals surface area contributed by atoms with Gasteiger partial charge in [-0.05, 0) is 25.1 Å². The maximum absolute atomic E-state index is 13.5. The van der Waals surface area contributed by atoms with Crippen molar-refractivity contribution >= 4 is 5.69 Å². The third-order valence-corrected chi connectivity index (χ3v) is 2.75. The Labute approximate surface area is 107 Å². The zero-order valence-electron chi connectivity index (χ0n) is 10.1. The van der Waals surface area contributed by atoms with E-state index < -0.39 is 29.3 Å². The average Bonchev–Trinajstić information content (AvgIpc) is 2.37. The molecule has 2 rings (SSSR count). The fraction of sp³-hybridized carbons (Fsp3) is 0.143. The molecule has 1 N–H and O–H groups in total. The van der Waals surface area contributed by atoms with E-state index in [2.05, 4.69) is 5.32 Å². The van der Waals surface area contributed by atoms with Crippen molar-refractivity contribution < 1.29 is 17.6 Å². The van der Waals surface area contributed by atoms with Crippen molar-refractivity contribution in [2.24, 2.45) is 0 Å². The summed E-state index contributed by atoms with van der Waals surface area (Å²) in [6.07, 6.45) is 0. The zero-order valence-corrected chi connectivity index (χ0v) is 10.1. The zero-order chi connectivity index (χ0) is 14.0. The lowest BCUT2D eigenvalue weighted by Crippen LogP contribution is -2.09. The topological polar surface area (TPSA) is 12.0 Å². The molecule has 2 aromatic rings. The Morgan fingerprint density at radius 3 is 2.32 bits per heavy atom. The second-order valence-electron chi connectivity index (χ2n) is 4.14. The van der Waals surface area contributed by atoms with E-state index in [1.54, 1.807) is 6.92 Å². The minimum atomic E-state index is -1.00. The van der Waals surface area contributed by atoms with Crippen LogP contribution in [0.4, 0.5) is 23.2 Å². The summed E-state index contributed by atoms with van der Waals surface area (Å²) in [5, 5.41) is 2.78. The van der Waals surface area contributed by atoms with Crippen molar-refractivity contribution in [3.8, 4) is 0 Å². The van der Waals surface area contributed by atoms with Gasteiger partial charge in [0.15, 0.2) is 23.3 Å². The van der Waals surface area contributed by atoms with E-state index in [4.69, 9.17) is 0 Å². The maximum Gasteiger partial charge on any atom is 0.164 e. The van der Waals surface area contributed by atoms with Gasteiger partial charge in [-0.25, -0.2) is 17.6 Å². The van der Waals surface area contributed by atoms with E-state index in [-0.39, 0.29) is 11.3 Å². The average molecular weight is 269 g/mol. The van der Waals surface area contributed by atoms with Crippen molar-refractivity contribution in [2.45, 2.75) is 13.0 Å². The number of nitrogens with one attached hydrogen (secondary N) is 1. The SMILES string of the molecule is CC(Nc1ccc(F)c(F)c1)c1cccc(F)c1F. The van der Waals surface area contributed by atoms with Gasteiger partial charge < -0.3 is 5.32 Å². The summed E-state index contributed by atoms with van der Waals surface area (Å²) in [5.74, 6) is -3.87. The Balaban J connectivity index is 2.23. The first kappa shape index (κ1) is 13.4. The first-order valence-electron chi connectivity index (χ1n) is 5.64. The molecule has 100 valence electrons. The Morgan fingerprint density at radius 2 is 1.63 bits per heavy atom. The van der Waals surface area contributed by atoms with Crippen LogP contribution in [-0.4, -0.2) is 0 Å². The number of anilines is 1. The number of hydrogen-bond donors (Lipinski definition) is 1. The molecule has 1 atom stereocenters. The molecule has 0 aliphatic heterocycles. The molecule has 0 radical (unpaired) electrons. The summed E-state index contributed by atoms with van der Waals surface area (Å²) < 4.78 is 52.4. The van der Waals surface area contributed by atoms with Gasteiger partial charge in [0, 0.05) is 17.3 Å². The molecule has 2 aromatic carbocycles. The standard InChI is InChI=1S/C14H11F4N/c1-8(10-3-2-4-12(16)14(10)18)19-9-5-6-11(15)13(17)7-9/h2-8,19H,1H3. The predicted molar refractivity (Wildman–Crippen MR) is 64.8 cm³/mol. The van der Waals surface area contributed by atoms with Crippen LogP contribution >= 0.6 is 0 Å². The first-order valence-corrected chi connectivity index (χ1v) is 5.64. The Morgan fingerprint density at radius 1 is 0.895 bits per heavy atom. The number of benzene rings is 2. The lowest BCUT2D eigenvalue weighted by molar-refractivity contribution is 0.494. The van der Waals surface area contributed by atoms with E-state index >= 15 is 0 Å². The van der Waals surface area contributed by atoms with Crippen LogP contribution in [0, 0.1) is 23.3 Å². The molecule has 0 aliphatic carbocycles. The quantitative estimate of drug-likeness (QED) is 0.813. The molecule has 0 fully saturated rings. The minimum absolute atomic E-state index is 0.115. The molecule has 0 aromatic heterocycles. The van der Waals surface area contributed by atoms with Crippen molar-refractivity contribution in [1.82, 2.24) is 0 Å². The van der Waals surface area contributed by atoms with Crippen molar-refractivity contribution in [3.05, 3.63) is 65.2 Å². The monoisotopic (exact) mass is 269 g/mol. The van der Waals surface area contributed by atoms with E-state index in [1.165, 1.54) is 18.2 Å². The molecular formula is C14H11F4N. The second kappa shape index (κ2) is 5.30. The summed E-state index contributed by atoms with van der Waals surface area (Å²) in [4.78, 5) is 0. The number of hydrogen-bond acceptors (Lipinski definition) is 1. The maximum atomic E-state index is 13.5. The lowest BCUT2D eigenvalue weighted by Gasteiger charge is -2.16. The fourth-order valence-electron chi connectivity index (χ4n) is 1.77. The summed E-state index contributed by atoms with van der Waals surface area (Å²) >= 11 is 0. The van der Waals surface area contributed by atoms with Gasteiger partial charge in [-0.2, -0.15) is 0 Å². The largest absolute Gasteiger partial charge is 0.378 e. The smallest absolute Gasteiger partial charge is 0.164 e. The fourth-order valence-corrected chi connectivity index (χ4v) is 1.77. The van der Waals surface area contributed by atoms with E-state index in [0.29, 0.717) is 0 Å². The van der Waals surface area contributed by atoms with Crippen LogP contribution < -0.4 is 5.32 Å². The van der Waals surface area contributed by atoms with Gasteiger partial charge in [-0.1, -0.05) is 12.1 Å². The highest BCUT2D eigenvalue weighted by Gasteiger charge is 2.14. The van der Waals surface area contributed by atoms with Gasteiger partial charge in [-0.3, -0.25) is 0 Å². The highest BCUT2D eigenvalue weighted by molar-refractivity contribution is 5.46. The Kier molecular flexibility index (Phi) is 3.74. The van der Waals surface area contributed by atoms with Crippen molar-refractivity contribution in [3.63, 3.8) is 0 Å². The van der Waals surface area contributed by atoms with Gasteiger partial charge in [0.2, 0.25) is 0 Å². The lowest BCUT2D eigenvalue weighted by atomic mass is 10.1. The molecule has 0 bridgehead atoms. The second-order valence-corrected chi connectivity index (χ2v) is 4.14. The summed E-state index contributed by atoms with van der Waals surface area (Å²) in [6, 6.07) is 6.50. The molecule has 19 heavy (non-hydrogen) atoms. The van der Waals surface area contributed by atoms with Crippen LogP contribution in [0.1, 0.15) is 18.5 Å². The van der Waals surface area contributed by atoms with Gasteiger partial charge >= 0.3 is 0 Å². The third-order valence-electron chi connectivity index (χ3n) is 2.75. The highest BCUT2D eigenvalue weighted by atomic mass is 19.2. The Bertz CT molecular complexity index is 598. The molecule has 0 saturated heterocycles. The first-order chi connectivity index (χ1) is 8.99. The summed E-state index contributed by atoms with van der Waals surface area (Å²) in [7, 11) is 0. The van der Waals surface area contributed by atoms with Crippen LogP contribution in [0.5, 0.6) is 0 Å². The predicted octanol–water partition coefficient (Wildman–Crippen LogP) is 4.42. The van der Waals surface area contributed by atoms with Crippen LogP contribution in [0.15, 0.2) is 36.4 Å². The van der Waals surface area contributed by atoms with Gasteiger partial charge in [0.1, 0.15) is 0 Å². The summed E-state index contributed by atoms with van der Waals surface area (Å²) in [5.41, 5.74) is 0.403. The van der Waals surface area contributed by atoms with Crippen LogP contribution in [0.25, 0.3) is 0 Å². The van der Waals surface area contributed by atoms with E-state index in [1.807, 2.05) is 0 Å². The van der Waals surface area contributed by atoms with E-state index in [0.717, 1.165) is 18.2 Å². The van der Waals surface area contributed by atoms with Crippen LogP contribution in [0.2, 0.25) is 0 Å². The summed E-state index contributed by atoms with van der Waals surface area (Å²) in [6.45, 7) is 1.60. The van der Waals surface area contributed by atoms with Gasteiger partial charge in [0.25, 0.3) is 0 Å². The molecule has 0 spiro atoms. The molecule has 5 heteroatoms. The molecular weight excluding hydrogens is 258 g/mol. The van der Waals surface area contributed by atoms with Crippen LogP contribution in [0.3, 0.4) is 0 Å². The molecule has 1 nitrogen and oxygen atoms in total. The molecule has 0 aliphatic rings. The number of halogens is 4. The van der Waals surface area contributed by atoms with Crippen molar-refractivity contribution in [2.75, 3.05) is 5.32 Å². The molecule has 0 amide bonds. The molecule has 0 saturated carbocycles. The number of rotatable bonds is 3. The van der Waals surface area contributed by atoms with Crippen LogP contribution in [-0.2, 0) is 0 Å². The molecule has 1 unspecified atom stereocenters. The molecule has 0 heterocycles. The normalized spacial score (nSPS) is 12.3.